The molecular formula is C23H31ClN2O3S. The van der Waals surface area contributed by atoms with Crippen LogP contribution in [0.1, 0.15) is 41.3 Å². The molecule has 1 fully saturated rings. The van der Waals surface area contributed by atoms with E-state index in [-0.39, 0.29) is 24.3 Å². The zero-order valence-electron chi connectivity index (χ0n) is 17.9. The third kappa shape index (κ3) is 6.30. The van der Waals surface area contributed by atoms with Gasteiger partial charge in [-0.05, 0) is 62.7 Å². The van der Waals surface area contributed by atoms with E-state index in [1.54, 1.807) is 11.3 Å². The molecule has 2 heterocycles. The summed E-state index contributed by atoms with van der Waals surface area (Å²) in [6, 6.07) is 10.4. The Bertz CT molecular complexity index is 852. The zero-order valence-corrected chi connectivity index (χ0v) is 19.6. The standard InChI is InChI=1S/C23H30N2O3S.ClH/c1-4-27-23(26)19-9-7-12-25(16-19)13-14-28-24-21(22-18(3)11-15-29-22)20-10-6-5-8-17(20)2;/h5-6,8,10-11,15,19H,4,7,9,12-14,16H2,1-3H3;1H/t19-;/m1./s1. The number of hydrogen-bond acceptors (Lipinski definition) is 6. The first-order valence-corrected chi connectivity index (χ1v) is 11.2. The predicted octanol–water partition coefficient (Wildman–Crippen LogP) is 4.83. The van der Waals surface area contributed by atoms with Crippen LogP contribution in [0, 0.1) is 19.8 Å². The number of hydrogen-bond donors (Lipinski definition) is 0. The van der Waals surface area contributed by atoms with Crippen LogP contribution < -0.4 is 0 Å². The van der Waals surface area contributed by atoms with Crippen LogP contribution >= 0.6 is 23.7 Å². The van der Waals surface area contributed by atoms with Gasteiger partial charge >= 0.3 is 5.97 Å². The van der Waals surface area contributed by atoms with Gasteiger partial charge in [0.15, 0.2) is 0 Å². The summed E-state index contributed by atoms with van der Waals surface area (Å²) in [6.07, 6.45) is 1.92. The molecule has 1 atom stereocenters. The van der Waals surface area contributed by atoms with Crippen molar-refractivity contribution in [2.75, 3.05) is 32.8 Å². The molecule has 30 heavy (non-hydrogen) atoms. The van der Waals surface area contributed by atoms with Crippen molar-refractivity contribution in [1.29, 1.82) is 0 Å². The second kappa shape index (κ2) is 12.1. The average Bonchev–Trinajstić information content (AvgIpc) is 3.15. The number of aryl methyl sites for hydroxylation is 2. The van der Waals surface area contributed by atoms with Crippen molar-refractivity contribution < 1.29 is 14.4 Å². The summed E-state index contributed by atoms with van der Waals surface area (Å²) in [4.78, 5) is 21.2. The number of oxime groups is 1. The number of halogens is 1. The van der Waals surface area contributed by atoms with Crippen LogP contribution in [0.15, 0.2) is 40.9 Å². The van der Waals surface area contributed by atoms with Gasteiger partial charge in [-0.2, -0.15) is 0 Å². The Morgan fingerprint density at radius 3 is 2.73 bits per heavy atom. The monoisotopic (exact) mass is 450 g/mol. The molecule has 5 nitrogen and oxygen atoms in total. The highest BCUT2D eigenvalue weighted by Crippen LogP contribution is 2.23. The predicted molar refractivity (Wildman–Crippen MR) is 125 cm³/mol. The fourth-order valence-corrected chi connectivity index (χ4v) is 4.58. The number of piperidine rings is 1. The van der Waals surface area contributed by atoms with Crippen LogP contribution in [0.4, 0.5) is 0 Å². The molecule has 0 saturated carbocycles. The maximum absolute atomic E-state index is 12.0. The summed E-state index contributed by atoms with van der Waals surface area (Å²) < 4.78 is 5.18. The lowest BCUT2D eigenvalue weighted by Crippen LogP contribution is -2.40. The van der Waals surface area contributed by atoms with Crippen LogP contribution in [0.2, 0.25) is 0 Å². The normalized spacial score (nSPS) is 17.3. The Labute approximate surface area is 189 Å². The third-order valence-electron chi connectivity index (χ3n) is 5.26. The van der Waals surface area contributed by atoms with Gasteiger partial charge in [-0.3, -0.25) is 9.69 Å². The number of carbonyl (C=O) groups is 1. The first kappa shape index (κ1) is 24.4. The van der Waals surface area contributed by atoms with Gasteiger partial charge in [0.25, 0.3) is 0 Å². The van der Waals surface area contributed by atoms with Crippen LogP contribution in [-0.4, -0.2) is 49.4 Å². The van der Waals surface area contributed by atoms with E-state index in [4.69, 9.17) is 9.57 Å². The minimum absolute atomic E-state index is 0. The average molecular weight is 451 g/mol. The molecule has 0 N–H and O–H groups in total. The second-order valence-electron chi connectivity index (χ2n) is 7.41. The van der Waals surface area contributed by atoms with Crippen molar-refractivity contribution in [2.45, 2.75) is 33.6 Å². The summed E-state index contributed by atoms with van der Waals surface area (Å²) in [5, 5.41) is 6.62. The van der Waals surface area contributed by atoms with Gasteiger partial charge in [0, 0.05) is 18.7 Å². The maximum atomic E-state index is 12.0. The van der Waals surface area contributed by atoms with Crippen molar-refractivity contribution >= 4 is 35.4 Å². The number of benzene rings is 1. The number of thiophene rings is 1. The Morgan fingerprint density at radius 1 is 1.23 bits per heavy atom. The molecule has 1 saturated heterocycles. The first-order chi connectivity index (χ1) is 14.1. The summed E-state index contributed by atoms with van der Waals surface area (Å²) in [5.74, 6) is -0.102. The lowest BCUT2D eigenvalue weighted by Gasteiger charge is -2.30. The topological polar surface area (TPSA) is 51.1 Å². The van der Waals surface area contributed by atoms with Crippen LogP contribution in [0.25, 0.3) is 0 Å². The van der Waals surface area contributed by atoms with E-state index < -0.39 is 0 Å². The molecular weight excluding hydrogens is 420 g/mol. The number of carbonyl (C=O) groups excluding carboxylic acids is 1. The summed E-state index contributed by atoms with van der Waals surface area (Å²) >= 11 is 1.68. The van der Waals surface area contributed by atoms with Gasteiger partial charge < -0.3 is 9.57 Å². The molecule has 0 aliphatic carbocycles. The van der Waals surface area contributed by atoms with E-state index in [0.29, 0.717) is 13.2 Å². The fraction of sp³-hybridized carbons (Fsp3) is 0.478. The molecule has 164 valence electrons. The molecule has 1 aromatic heterocycles. The van der Waals surface area contributed by atoms with Crippen molar-refractivity contribution in [3.63, 3.8) is 0 Å². The van der Waals surface area contributed by atoms with Crippen molar-refractivity contribution in [3.05, 3.63) is 57.3 Å². The van der Waals surface area contributed by atoms with E-state index >= 15 is 0 Å². The van der Waals surface area contributed by atoms with Crippen LogP contribution in [0.3, 0.4) is 0 Å². The third-order valence-corrected chi connectivity index (χ3v) is 6.28. The molecule has 1 aliphatic heterocycles. The molecule has 0 amide bonds. The van der Waals surface area contributed by atoms with Crippen LogP contribution in [0.5, 0.6) is 0 Å². The fourth-order valence-electron chi connectivity index (χ4n) is 3.66. The number of nitrogens with zero attached hydrogens (tertiary/aromatic N) is 2. The molecule has 0 bridgehead atoms. The van der Waals surface area contributed by atoms with E-state index in [2.05, 4.69) is 47.5 Å². The summed E-state index contributed by atoms with van der Waals surface area (Å²) in [6.45, 7) is 9.46. The lowest BCUT2D eigenvalue weighted by molar-refractivity contribution is -0.150. The lowest BCUT2D eigenvalue weighted by atomic mass is 9.98. The minimum Gasteiger partial charge on any atom is -0.466 e. The van der Waals surface area contributed by atoms with Gasteiger partial charge in [-0.25, -0.2) is 0 Å². The Hall–Kier alpha value is -1.89. The molecule has 0 unspecified atom stereocenters. The number of rotatable bonds is 8. The zero-order chi connectivity index (χ0) is 20.6. The molecule has 3 rings (SSSR count). The maximum Gasteiger partial charge on any atom is 0.310 e. The number of likely N-dealkylation sites (tertiary alicyclic amines) is 1. The highest BCUT2D eigenvalue weighted by molar-refractivity contribution is 7.12. The van der Waals surface area contributed by atoms with Crippen LogP contribution in [-0.2, 0) is 14.4 Å². The largest absolute Gasteiger partial charge is 0.466 e. The molecule has 2 aromatic rings. The molecule has 1 aliphatic rings. The van der Waals surface area contributed by atoms with E-state index in [1.165, 1.54) is 11.1 Å². The molecule has 0 radical (unpaired) electrons. The van der Waals surface area contributed by atoms with Gasteiger partial charge in [0.1, 0.15) is 12.3 Å². The number of ether oxygens (including phenoxy) is 1. The Kier molecular flexibility index (Phi) is 9.82. The number of esters is 1. The van der Waals surface area contributed by atoms with Crippen molar-refractivity contribution in [1.82, 2.24) is 4.90 Å². The smallest absolute Gasteiger partial charge is 0.310 e. The van der Waals surface area contributed by atoms with Gasteiger partial charge in [0.2, 0.25) is 0 Å². The highest BCUT2D eigenvalue weighted by Gasteiger charge is 2.26. The summed E-state index contributed by atoms with van der Waals surface area (Å²) in [5.41, 5.74) is 4.36. The van der Waals surface area contributed by atoms with E-state index in [9.17, 15) is 4.79 Å². The van der Waals surface area contributed by atoms with Gasteiger partial charge in [-0.1, -0.05) is 29.4 Å². The SMILES string of the molecule is CCOC(=O)[C@@H]1CCCN(CCON=C(c2ccccc2C)c2sccc2C)C1.Cl. The van der Waals surface area contributed by atoms with Crippen molar-refractivity contribution in [2.24, 2.45) is 11.1 Å². The molecule has 7 heteroatoms. The summed E-state index contributed by atoms with van der Waals surface area (Å²) in [7, 11) is 0. The van der Waals surface area contributed by atoms with Gasteiger partial charge in [-0.15, -0.1) is 23.7 Å². The van der Waals surface area contributed by atoms with E-state index in [0.717, 1.165) is 48.6 Å². The highest BCUT2D eigenvalue weighted by atomic mass is 35.5. The van der Waals surface area contributed by atoms with Gasteiger partial charge in [0.05, 0.1) is 17.4 Å². The molecule has 0 spiro atoms. The van der Waals surface area contributed by atoms with E-state index in [1.807, 2.05) is 19.1 Å². The second-order valence-corrected chi connectivity index (χ2v) is 8.33. The minimum atomic E-state index is -0.0776. The molecule has 1 aromatic carbocycles. The van der Waals surface area contributed by atoms with Crippen molar-refractivity contribution in [3.8, 4) is 0 Å². The first-order valence-electron chi connectivity index (χ1n) is 10.3. The quantitative estimate of drug-likeness (QED) is 0.250. The Morgan fingerprint density at radius 2 is 2.03 bits per heavy atom. The Balaban J connectivity index is 0.00000320.